The summed E-state index contributed by atoms with van der Waals surface area (Å²) in [7, 11) is 0. The molecule has 7 nitrogen and oxygen atoms in total. The second-order valence-electron chi connectivity index (χ2n) is 10.7. The molecule has 1 fully saturated rings. The van der Waals surface area contributed by atoms with Gasteiger partial charge in [-0.2, -0.15) is 0 Å². The topological polar surface area (TPSA) is 89.0 Å². The van der Waals surface area contributed by atoms with Crippen LogP contribution in [0.25, 0.3) is 10.2 Å². The predicted molar refractivity (Wildman–Crippen MR) is 167 cm³/mol. The molecule has 2 aliphatic heterocycles. The third-order valence-corrected chi connectivity index (χ3v) is 10.2. The number of imide groups is 1. The number of nitrogens with zero attached hydrogens (tertiary/aromatic N) is 2. The van der Waals surface area contributed by atoms with Gasteiger partial charge in [-0.1, -0.05) is 79.3 Å². The molecule has 4 aromatic carbocycles. The van der Waals surface area contributed by atoms with E-state index >= 15 is 0 Å². The zero-order chi connectivity index (χ0) is 29.5. The van der Waals surface area contributed by atoms with Gasteiger partial charge in [0.2, 0.25) is 0 Å². The van der Waals surface area contributed by atoms with Crippen LogP contribution in [-0.4, -0.2) is 33.8 Å². The van der Waals surface area contributed by atoms with E-state index in [4.69, 9.17) is 14.5 Å². The van der Waals surface area contributed by atoms with Crippen molar-refractivity contribution in [3.8, 4) is 0 Å². The van der Waals surface area contributed by atoms with Crippen molar-refractivity contribution in [1.82, 2.24) is 4.98 Å². The number of benzene rings is 4. The highest BCUT2D eigenvalue weighted by Crippen LogP contribution is 2.44. The van der Waals surface area contributed by atoms with Gasteiger partial charge in [0.15, 0.2) is 10.6 Å². The molecular formula is C34H28N2O5S2. The molecular weight excluding hydrogens is 581 g/mol. The molecule has 2 aliphatic rings. The largest absolute Gasteiger partial charge is 0.392 e. The van der Waals surface area contributed by atoms with Gasteiger partial charge in [0.25, 0.3) is 11.8 Å². The molecule has 1 saturated heterocycles. The lowest BCUT2D eigenvalue weighted by Gasteiger charge is -2.41. The van der Waals surface area contributed by atoms with Crippen molar-refractivity contribution >= 4 is 50.8 Å². The van der Waals surface area contributed by atoms with Crippen LogP contribution in [0.4, 0.5) is 5.69 Å². The molecule has 9 heteroatoms. The number of fused-ring (bicyclic) bond motifs is 2. The maximum atomic E-state index is 13.2. The number of carbonyl (C=O) groups is 2. The van der Waals surface area contributed by atoms with Crippen molar-refractivity contribution in [3.63, 3.8) is 0 Å². The fourth-order valence-corrected chi connectivity index (χ4v) is 7.87. The van der Waals surface area contributed by atoms with Crippen molar-refractivity contribution in [3.05, 3.63) is 125 Å². The molecule has 0 aliphatic carbocycles. The normalized spacial score (nSPS) is 21.9. The van der Waals surface area contributed by atoms with Gasteiger partial charge in [-0.25, -0.2) is 9.88 Å². The second kappa shape index (κ2) is 11.7. The monoisotopic (exact) mass is 608 g/mol. The summed E-state index contributed by atoms with van der Waals surface area (Å²) in [6.07, 6.45) is -1.19. The number of aliphatic hydroxyl groups is 1. The van der Waals surface area contributed by atoms with Gasteiger partial charge >= 0.3 is 0 Å². The summed E-state index contributed by atoms with van der Waals surface area (Å²) < 4.78 is 15.4. The molecule has 7 rings (SSSR count). The van der Waals surface area contributed by atoms with Crippen molar-refractivity contribution < 1.29 is 24.2 Å². The fourth-order valence-electron chi connectivity index (χ4n) is 5.61. The molecule has 43 heavy (non-hydrogen) atoms. The zero-order valence-corrected chi connectivity index (χ0v) is 24.9. The van der Waals surface area contributed by atoms with Crippen LogP contribution in [-0.2, 0) is 16.1 Å². The lowest BCUT2D eigenvalue weighted by molar-refractivity contribution is -0.268. The second-order valence-corrected chi connectivity index (χ2v) is 13.0. The molecule has 0 saturated carbocycles. The Morgan fingerprint density at radius 1 is 0.860 bits per heavy atom. The molecule has 0 unspecified atom stereocenters. The molecule has 1 N–H and O–H groups in total. The average Bonchev–Trinajstić information content (AvgIpc) is 3.58. The van der Waals surface area contributed by atoms with Crippen molar-refractivity contribution in [2.75, 3.05) is 10.7 Å². The van der Waals surface area contributed by atoms with Crippen LogP contribution in [0.5, 0.6) is 0 Å². The van der Waals surface area contributed by atoms with Gasteiger partial charge in [0, 0.05) is 17.2 Å². The minimum absolute atomic E-state index is 0.0116. The van der Waals surface area contributed by atoms with Gasteiger partial charge in [-0.15, -0.1) is 11.3 Å². The van der Waals surface area contributed by atoms with Crippen LogP contribution in [0.15, 0.2) is 101 Å². The van der Waals surface area contributed by atoms with Crippen LogP contribution >= 0.6 is 23.1 Å². The molecule has 0 radical (unpaired) electrons. The van der Waals surface area contributed by atoms with E-state index in [0.717, 1.165) is 25.7 Å². The highest BCUT2D eigenvalue weighted by molar-refractivity contribution is 8.01. The SMILES string of the molecule is C[C@@H]1[C@H](CSc2nc3ccccc3s2)O[C@H](c2cccc(N3C(=O)c4ccccc4C3=O)c2)O[C@@H]1c1ccc(CO)cc1. The zero-order valence-electron chi connectivity index (χ0n) is 23.3. The molecule has 216 valence electrons. The summed E-state index contributed by atoms with van der Waals surface area (Å²) in [6.45, 7) is 2.10. The van der Waals surface area contributed by atoms with E-state index in [0.29, 0.717) is 28.1 Å². The van der Waals surface area contributed by atoms with Crippen LogP contribution in [0.3, 0.4) is 0 Å². The number of hydrogen-bond donors (Lipinski definition) is 1. The van der Waals surface area contributed by atoms with E-state index in [2.05, 4.69) is 13.0 Å². The van der Waals surface area contributed by atoms with Gasteiger partial charge in [-0.05, 0) is 47.5 Å². The van der Waals surface area contributed by atoms with E-state index in [-0.39, 0.29) is 36.5 Å². The molecule has 1 aromatic heterocycles. The molecule has 0 spiro atoms. The molecule has 4 atom stereocenters. The number of para-hydroxylation sites is 1. The highest BCUT2D eigenvalue weighted by atomic mass is 32.2. The fraction of sp³-hybridized carbons (Fsp3) is 0.206. The van der Waals surface area contributed by atoms with Crippen molar-refractivity contribution in [2.24, 2.45) is 5.92 Å². The first kappa shape index (κ1) is 27.9. The molecule has 3 heterocycles. The van der Waals surface area contributed by atoms with Crippen LogP contribution in [0.2, 0.25) is 0 Å². The Hall–Kier alpha value is -3.86. The Bertz CT molecular complexity index is 1750. The third-order valence-electron chi connectivity index (χ3n) is 7.96. The van der Waals surface area contributed by atoms with Crippen LogP contribution in [0, 0.1) is 5.92 Å². The summed E-state index contributed by atoms with van der Waals surface area (Å²) in [5, 5.41) is 9.55. The number of thiazole rings is 1. The summed E-state index contributed by atoms with van der Waals surface area (Å²) in [4.78, 5) is 32.4. The smallest absolute Gasteiger partial charge is 0.266 e. The third kappa shape index (κ3) is 5.28. The summed E-state index contributed by atoms with van der Waals surface area (Å²) in [5.74, 6) is -0.00498. The van der Waals surface area contributed by atoms with Crippen LogP contribution < -0.4 is 4.90 Å². The van der Waals surface area contributed by atoms with E-state index in [1.54, 1.807) is 59.5 Å². The first-order valence-electron chi connectivity index (χ1n) is 14.1. The minimum Gasteiger partial charge on any atom is -0.392 e. The van der Waals surface area contributed by atoms with Gasteiger partial charge in [0.05, 0.1) is 45.8 Å². The molecule has 2 amide bonds. The quantitative estimate of drug-likeness (QED) is 0.155. The summed E-state index contributed by atoms with van der Waals surface area (Å²) >= 11 is 3.34. The Morgan fingerprint density at radius 3 is 2.30 bits per heavy atom. The highest BCUT2D eigenvalue weighted by Gasteiger charge is 2.40. The number of thioether (sulfide) groups is 1. The van der Waals surface area contributed by atoms with E-state index in [1.807, 2.05) is 54.6 Å². The number of carbonyl (C=O) groups excluding carboxylic acids is 2. The Balaban J connectivity index is 1.18. The summed E-state index contributed by atoms with van der Waals surface area (Å²) in [6, 6.07) is 30.0. The number of rotatable bonds is 7. The first-order chi connectivity index (χ1) is 21.0. The van der Waals surface area contributed by atoms with Crippen LogP contribution in [0.1, 0.15) is 56.7 Å². The number of anilines is 1. The maximum absolute atomic E-state index is 13.2. The Morgan fingerprint density at radius 2 is 1.58 bits per heavy atom. The number of aliphatic hydroxyl groups excluding tert-OH is 1. The van der Waals surface area contributed by atoms with E-state index in [1.165, 1.54) is 4.90 Å². The lowest BCUT2D eigenvalue weighted by atomic mass is 9.91. The standard InChI is InChI=1S/C34H28N2O5S2/c1-20-28(19-42-34-35-27-11-4-5-12-29(27)43-34)40-33(41-30(20)22-15-13-21(18-37)14-16-22)23-7-6-8-24(17-23)36-31(38)25-9-2-3-10-26(25)32(36)39/h2-17,20,28,30,33,37H,18-19H2,1H3/t20-,28+,30+,33+/m1/s1. The Labute approximate surface area is 257 Å². The van der Waals surface area contributed by atoms with Crippen molar-refractivity contribution in [2.45, 2.75) is 36.4 Å². The minimum atomic E-state index is -0.727. The number of ether oxygens (including phenoxy) is 2. The maximum Gasteiger partial charge on any atom is 0.266 e. The Kier molecular flexibility index (Phi) is 7.58. The van der Waals surface area contributed by atoms with E-state index in [9.17, 15) is 14.7 Å². The lowest BCUT2D eigenvalue weighted by Crippen LogP contribution is -2.38. The molecule has 0 bridgehead atoms. The van der Waals surface area contributed by atoms with Gasteiger partial charge in [0.1, 0.15) is 0 Å². The predicted octanol–water partition coefficient (Wildman–Crippen LogP) is 7.17. The van der Waals surface area contributed by atoms with Gasteiger partial charge < -0.3 is 14.6 Å². The first-order valence-corrected chi connectivity index (χ1v) is 15.9. The number of aromatic nitrogens is 1. The number of hydrogen-bond acceptors (Lipinski definition) is 8. The summed E-state index contributed by atoms with van der Waals surface area (Å²) in [5.41, 5.74) is 4.79. The van der Waals surface area contributed by atoms with Gasteiger partial charge in [-0.3, -0.25) is 9.59 Å². The van der Waals surface area contributed by atoms with Crippen molar-refractivity contribution in [1.29, 1.82) is 0 Å². The average molecular weight is 609 g/mol. The van der Waals surface area contributed by atoms with E-state index < -0.39 is 6.29 Å². The molecule has 5 aromatic rings. The number of amides is 2.